The van der Waals surface area contributed by atoms with E-state index in [1.54, 1.807) is 12.5 Å². The van der Waals surface area contributed by atoms with E-state index >= 15 is 0 Å². The maximum Gasteiger partial charge on any atom is 0.233 e. The van der Waals surface area contributed by atoms with Crippen LogP contribution in [0.1, 0.15) is 39.0 Å². The summed E-state index contributed by atoms with van der Waals surface area (Å²) in [4.78, 5) is 16.9. The lowest BCUT2D eigenvalue weighted by Crippen LogP contribution is -2.52. The predicted octanol–water partition coefficient (Wildman–Crippen LogP) is 1.62. The highest BCUT2D eigenvalue weighted by molar-refractivity contribution is 7.80. The van der Waals surface area contributed by atoms with Gasteiger partial charge < -0.3 is 15.6 Å². The molecule has 0 bridgehead atoms. The fraction of sp³-hybridized carbons (Fsp3) is 0.643. The molecule has 1 amide bonds. The van der Waals surface area contributed by atoms with Gasteiger partial charge in [-0.3, -0.25) is 4.79 Å². The zero-order valence-corrected chi connectivity index (χ0v) is 12.7. The Balaban J connectivity index is 1.99. The Kier molecular flexibility index (Phi) is 4.75. The Morgan fingerprint density at radius 1 is 1.50 bits per heavy atom. The van der Waals surface area contributed by atoms with Crippen molar-refractivity contribution >= 4 is 23.1 Å². The highest BCUT2D eigenvalue weighted by Crippen LogP contribution is 2.37. The van der Waals surface area contributed by atoms with Gasteiger partial charge in [-0.2, -0.15) is 0 Å². The van der Waals surface area contributed by atoms with Crippen molar-refractivity contribution in [3.05, 3.63) is 18.7 Å². The largest absolute Gasteiger partial charge is 0.392 e. The minimum absolute atomic E-state index is 0.0164. The van der Waals surface area contributed by atoms with Crippen LogP contribution in [0.5, 0.6) is 0 Å². The summed E-state index contributed by atoms with van der Waals surface area (Å²) >= 11 is 5.17. The molecule has 5 nitrogen and oxygen atoms in total. The van der Waals surface area contributed by atoms with Crippen molar-refractivity contribution in [3.8, 4) is 0 Å². The van der Waals surface area contributed by atoms with Gasteiger partial charge in [-0.25, -0.2) is 4.98 Å². The van der Waals surface area contributed by atoms with Gasteiger partial charge in [-0.1, -0.05) is 31.5 Å². The fourth-order valence-electron chi connectivity index (χ4n) is 2.86. The second-order valence-corrected chi connectivity index (χ2v) is 6.08. The quantitative estimate of drug-likeness (QED) is 0.810. The average Bonchev–Trinajstić information content (AvgIpc) is 2.91. The second-order valence-electron chi connectivity index (χ2n) is 5.64. The van der Waals surface area contributed by atoms with E-state index in [9.17, 15) is 4.79 Å². The molecule has 1 saturated carbocycles. The van der Waals surface area contributed by atoms with Crippen molar-refractivity contribution < 1.29 is 4.79 Å². The van der Waals surface area contributed by atoms with E-state index in [2.05, 4.69) is 10.3 Å². The third kappa shape index (κ3) is 3.17. The van der Waals surface area contributed by atoms with Crippen molar-refractivity contribution in [3.63, 3.8) is 0 Å². The Labute approximate surface area is 124 Å². The van der Waals surface area contributed by atoms with E-state index in [0.717, 1.165) is 32.1 Å². The molecule has 1 atom stereocenters. The summed E-state index contributed by atoms with van der Waals surface area (Å²) in [6, 6.07) is 0.0184. The highest BCUT2D eigenvalue weighted by Gasteiger charge is 2.42. The lowest BCUT2D eigenvalue weighted by atomic mass is 9.73. The molecule has 20 heavy (non-hydrogen) atoms. The Bertz CT molecular complexity index is 466. The van der Waals surface area contributed by atoms with E-state index in [1.807, 2.05) is 17.7 Å². The number of hydrogen-bond donors (Lipinski definition) is 2. The number of hydrogen-bond acceptors (Lipinski definition) is 3. The summed E-state index contributed by atoms with van der Waals surface area (Å²) in [5.74, 6) is -0.0164. The minimum Gasteiger partial charge on any atom is -0.392 e. The smallest absolute Gasteiger partial charge is 0.233 e. The first-order valence-electron chi connectivity index (χ1n) is 7.11. The number of carbonyl (C=O) groups is 1. The third-order valence-electron chi connectivity index (χ3n) is 4.03. The van der Waals surface area contributed by atoms with E-state index in [1.165, 1.54) is 0 Å². The van der Waals surface area contributed by atoms with Gasteiger partial charge in [0.2, 0.25) is 5.91 Å². The summed E-state index contributed by atoms with van der Waals surface area (Å²) in [6.07, 6.45) is 10.1. The molecule has 1 aliphatic carbocycles. The van der Waals surface area contributed by atoms with Crippen LogP contribution >= 0.6 is 12.2 Å². The van der Waals surface area contributed by atoms with Gasteiger partial charge in [-0.05, 0) is 19.8 Å². The van der Waals surface area contributed by atoms with E-state index in [0.29, 0.717) is 11.5 Å². The lowest BCUT2D eigenvalue weighted by Gasteiger charge is -2.35. The van der Waals surface area contributed by atoms with Crippen molar-refractivity contribution in [1.82, 2.24) is 14.9 Å². The van der Waals surface area contributed by atoms with E-state index in [-0.39, 0.29) is 11.9 Å². The molecule has 1 unspecified atom stereocenters. The maximum atomic E-state index is 12.6. The zero-order chi connectivity index (χ0) is 14.6. The summed E-state index contributed by atoms with van der Waals surface area (Å²) in [6.45, 7) is 2.67. The number of imidazole rings is 1. The topological polar surface area (TPSA) is 72.9 Å². The predicted molar refractivity (Wildman–Crippen MR) is 82.1 cm³/mol. The molecule has 2 rings (SSSR count). The van der Waals surface area contributed by atoms with Crippen molar-refractivity contribution in [1.29, 1.82) is 0 Å². The molecule has 1 heterocycles. The van der Waals surface area contributed by atoms with Crippen molar-refractivity contribution in [2.45, 2.75) is 51.6 Å². The molecular formula is C14H22N4OS. The van der Waals surface area contributed by atoms with Crippen molar-refractivity contribution in [2.24, 2.45) is 11.1 Å². The lowest BCUT2D eigenvalue weighted by molar-refractivity contribution is -0.129. The number of amides is 1. The van der Waals surface area contributed by atoms with Crippen LogP contribution in [0.25, 0.3) is 0 Å². The molecule has 0 spiro atoms. The number of rotatable bonds is 5. The monoisotopic (exact) mass is 294 g/mol. The summed E-state index contributed by atoms with van der Waals surface area (Å²) in [7, 11) is 0. The molecule has 0 aromatic carbocycles. The van der Waals surface area contributed by atoms with Gasteiger partial charge >= 0.3 is 0 Å². The van der Waals surface area contributed by atoms with Crippen LogP contribution < -0.4 is 11.1 Å². The summed E-state index contributed by atoms with van der Waals surface area (Å²) < 4.78 is 1.94. The Morgan fingerprint density at radius 3 is 2.75 bits per heavy atom. The normalized spacial score (nSPS) is 19.2. The molecular weight excluding hydrogens is 272 g/mol. The third-order valence-corrected chi connectivity index (χ3v) is 4.43. The summed E-state index contributed by atoms with van der Waals surface area (Å²) in [5, 5.41) is 3.06. The molecule has 6 heteroatoms. The minimum atomic E-state index is -0.642. The first-order chi connectivity index (χ1) is 9.54. The van der Waals surface area contributed by atoms with Gasteiger partial charge in [0.25, 0.3) is 0 Å². The Morgan fingerprint density at radius 2 is 2.20 bits per heavy atom. The van der Waals surface area contributed by atoms with E-state index in [4.69, 9.17) is 18.0 Å². The molecule has 1 aromatic heterocycles. The van der Waals surface area contributed by atoms with Crippen LogP contribution in [0.15, 0.2) is 18.7 Å². The number of thiocarbonyl (C=S) groups is 1. The molecule has 1 aromatic rings. The van der Waals surface area contributed by atoms with Crippen molar-refractivity contribution in [2.75, 3.05) is 0 Å². The zero-order valence-electron chi connectivity index (χ0n) is 11.8. The maximum absolute atomic E-state index is 12.6. The molecule has 1 aliphatic rings. The van der Waals surface area contributed by atoms with Crippen LogP contribution in [0.4, 0.5) is 0 Å². The van der Waals surface area contributed by atoms with Gasteiger partial charge in [0, 0.05) is 25.0 Å². The number of nitrogens with zero attached hydrogens (tertiary/aromatic N) is 2. The standard InChI is InChI=1S/C14H22N4OS/c1-11(9-18-8-7-16-10-18)17-13(19)14(12(15)20)5-3-2-4-6-14/h7-8,10-11H,2-6,9H2,1H3,(H2,15,20)(H,17,19). The van der Waals surface area contributed by atoms with Crippen LogP contribution in [-0.2, 0) is 11.3 Å². The van der Waals surface area contributed by atoms with E-state index < -0.39 is 5.41 Å². The number of aromatic nitrogens is 2. The van der Waals surface area contributed by atoms with Gasteiger partial charge in [0.1, 0.15) is 0 Å². The number of nitrogens with two attached hydrogens (primary N) is 1. The molecule has 110 valence electrons. The first kappa shape index (κ1) is 15.0. The molecule has 0 radical (unpaired) electrons. The van der Waals surface area contributed by atoms with Gasteiger partial charge in [-0.15, -0.1) is 0 Å². The fourth-order valence-corrected chi connectivity index (χ4v) is 3.16. The number of nitrogens with one attached hydrogen (secondary N) is 1. The van der Waals surface area contributed by atoms with Crippen LogP contribution in [0, 0.1) is 5.41 Å². The number of carbonyl (C=O) groups excluding carboxylic acids is 1. The van der Waals surface area contributed by atoms with Crippen LogP contribution in [-0.4, -0.2) is 26.5 Å². The molecule has 1 fully saturated rings. The molecule has 0 aliphatic heterocycles. The van der Waals surface area contributed by atoms with Crippen LogP contribution in [0.2, 0.25) is 0 Å². The Hall–Kier alpha value is -1.43. The first-order valence-corrected chi connectivity index (χ1v) is 7.52. The van der Waals surface area contributed by atoms with Gasteiger partial charge in [0.15, 0.2) is 0 Å². The molecule has 3 N–H and O–H groups in total. The molecule has 0 saturated heterocycles. The highest BCUT2D eigenvalue weighted by atomic mass is 32.1. The second kappa shape index (κ2) is 6.35. The van der Waals surface area contributed by atoms with Gasteiger partial charge in [0.05, 0.1) is 16.7 Å². The average molecular weight is 294 g/mol. The summed E-state index contributed by atoms with van der Waals surface area (Å²) in [5.41, 5.74) is 5.23. The SMILES string of the molecule is CC(Cn1ccnc1)NC(=O)C1(C(N)=S)CCCCC1. The van der Waals surface area contributed by atoms with Crippen LogP contribution in [0.3, 0.4) is 0 Å².